The van der Waals surface area contributed by atoms with E-state index in [9.17, 15) is 4.79 Å². The summed E-state index contributed by atoms with van der Waals surface area (Å²) >= 11 is 3.81. The largest absolute Gasteiger partial charge is 0.486 e. The Kier molecular flexibility index (Phi) is 5.92. The molecule has 0 aromatic heterocycles. The number of H-pyrrole nitrogens is 1. The van der Waals surface area contributed by atoms with Gasteiger partial charge in [-0.2, -0.15) is 0 Å². The van der Waals surface area contributed by atoms with E-state index < -0.39 is 0 Å². The van der Waals surface area contributed by atoms with Gasteiger partial charge in [0.1, 0.15) is 19.0 Å². The van der Waals surface area contributed by atoms with Crippen LogP contribution in [0.5, 0.6) is 11.5 Å². The molecule has 1 fully saturated rings. The highest BCUT2D eigenvalue weighted by Gasteiger charge is 2.20. The van der Waals surface area contributed by atoms with Crippen molar-refractivity contribution in [1.82, 2.24) is 15.1 Å². The van der Waals surface area contributed by atoms with Crippen molar-refractivity contribution in [2.45, 2.75) is 18.9 Å². The summed E-state index contributed by atoms with van der Waals surface area (Å²) in [5, 5.41) is 10.8. The average Bonchev–Trinajstić information content (AvgIpc) is 3.45. The Hall–Kier alpha value is -3.72. The van der Waals surface area contributed by atoms with Crippen LogP contribution in [0.15, 0.2) is 64.1 Å². The van der Waals surface area contributed by atoms with Crippen LogP contribution in [-0.4, -0.2) is 41.5 Å². The number of carbonyl (C=O) groups is 1. The summed E-state index contributed by atoms with van der Waals surface area (Å²) in [6.45, 7) is 1.73. The molecular weight excluding hydrogens is 522 g/mol. The maximum atomic E-state index is 11.4. The number of rotatable bonds is 5. The zero-order valence-corrected chi connectivity index (χ0v) is 21.4. The summed E-state index contributed by atoms with van der Waals surface area (Å²) in [6.07, 6.45) is 1.43. The minimum Gasteiger partial charge on any atom is -0.486 e. The lowest BCUT2D eigenvalue weighted by molar-refractivity contribution is -0.119. The highest BCUT2D eigenvalue weighted by atomic mass is 79.9. The molecule has 4 aliphatic rings. The molecule has 1 aliphatic carbocycles. The van der Waals surface area contributed by atoms with Crippen molar-refractivity contribution in [1.29, 1.82) is 0 Å². The van der Waals surface area contributed by atoms with Crippen LogP contribution in [0.25, 0.3) is 22.4 Å². The molecule has 0 spiro atoms. The Labute approximate surface area is 216 Å². The fourth-order valence-electron chi connectivity index (χ4n) is 4.72. The molecule has 6 rings (SSSR count). The van der Waals surface area contributed by atoms with Crippen LogP contribution in [0.4, 0.5) is 11.5 Å². The molecule has 1 amide bonds. The van der Waals surface area contributed by atoms with Crippen molar-refractivity contribution >= 4 is 33.3 Å². The summed E-state index contributed by atoms with van der Waals surface area (Å²) in [4.78, 5) is 16.1. The lowest BCUT2D eigenvalue weighted by Gasteiger charge is -2.19. The van der Waals surface area contributed by atoms with E-state index in [0.29, 0.717) is 26.2 Å². The van der Waals surface area contributed by atoms with Gasteiger partial charge in [-0.3, -0.25) is 19.6 Å². The molecule has 2 aromatic rings. The molecule has 0 saturated carbocycles. The van der Waals surface area contributed by atoms with Gasteiger partial charge in [-0.1, -0.05) is 18.2 Å². The fraction of sp³-hybridized carbons (Fsp3) is 0.259. The maximum Gasteiger partial charge on any atom is 0.220 e. The lowest BCUT2D eigenvalue weighted by Crippen LogP contribution is -2.28. The van der Waals surface area contributed by atoms with Crippen molar-refractivity contribution in [3.05, 3.63) is 64.4 Å². The van der Waals surface area contributed by atoms with Gasteiger partial charge < -0.3 is 20.1 Å². The quantitative estimate of drug-likeness (QED) is 0.341. The number of carbonyl (C=O) groups excluding carboxylic acids is 1. The minimum atomic E-state index is 0.114. The first-order valence-electron chi connectivity index (χ1n) is 12.0. The Morgan fingerprint density at radius 1 is 1.08 bits per heavy atom. The number of fused-ring (bicyclic) bond motifs is 2. The minimum absolute atomic E-state index is 0.114. The van der Waals surface area contributed by atoms with Gasteiger partial charge in [0.2, 0.25) is 5.91 Å². The molecule has 0 unspecified atom stereocenters. The number of hydrogen-bond donors (Lipinski definition) is 3. The Morgan fingerprint density at radius 3 is 2.78 bits per heavy atom. The van der Waals surface area contributed by atoms with E-state index in [1.54, 1.807) is 0 Å². The first kappa shape index (κ1) is 22.7. The lowest BCUT2D eigenvalue weighted by atomic mass is 10.0. The number of hydrogen-bond acceptors (Lipinski definition) is 5. The molecular formula is C27H26BrN5O3. The van der Waals surface area contributed by atoms with Gasteiger partial charge in [0.05, 0.1) is 23.3 Å². The standard InChI is InChI=1S/C27H26BrN5O3/c1-33-22-14-17(29-15-18-7-10-25(34)30-18)6-8-20(22)27(32-33)31-21-4-2-3-19(26(21)28)16-5-9-23-24(13-16)36-12-11-35-23/h2-6,8-9,13-14,18,31-32H,7,10-12,15H2,1H3,(H,30,34)/t18-/m0/s1. The topological polar surface area (TPSA) is 92.7 Å². The van der Waals surface area contributed by atoms with Gasteiger partial charge in [0, 0.05) is 29.5 Å². The molecule has 9 heteroatoms. The summed E-state index contributed by atoms with van der Waals surface area (Å²) in [6, 6.07) is 18.4. The molecule has 8 nitrogen and oxygen atoms in total. The van der Waals surface area contributed by atoms with E-state index in [1.165, 1.54) is 0 Å². The van der Waals surface area contributed by atoms with E-state index >= 15 is 0 Å². The Morgan fingerprint density at radius 2 is 1.94 bits per heavy atom. The van der Waals surface area contributed by atoms with Gasteiger partial charge >= 0.3 is 0 Å². The van der Waals surface area contributed by atoms with Crippen molar-refractivity contribution in [3.63, 3.8) is 0 Å². The van der Waals surface area contributed by atoms with Crippen LogP contribution < -0.4 is 25.5 Å². The number of benzene rings is 3. The molecule has 3 aliphatic heterocycles. The van der Waals surface area contributed by atoms with Crippen LogP contribution in [0.3, 0.4) is 0 Å². The van der Waals surface area contributed by atoms with Crippen molar-refractivity contribution < 1.29 is 14.3 Å². The molecule has 0 bridgehead atoms. The van der Waals surface area contributed by atoms with Gasteiger partial charge in [-0.25, -0.2) is 0 Å². The number of anilines is 2. The van der Waals surface area contributed by atoms with Gasteiger partial charge in [-0.15, -0.1) is 0 Å². The second-order valence-electron chi connectivity index (χ2n) is 9.04. The predicted octanol–water partition coefficient (Wildman–Crippen LogP) is 4.58. The molecule has 36 heavy (non-hydrogen) atoms. The van der Waals surface area contributed by atoms with Gasteiger partial charge in [-0.05, 0) is 69.9 Å². The number of nitrogens with zero attached hydrogens (tertiary/aromatic N) is 2. The molecule has 1 saturated heterocycles. The molecule has 1 atom stereocenters. The predicted molar refractivity (Wildman–Crippen MR) is 142 cm³/mol. The highest BCUT2D eigenvalue weighted by Crippen LogP contribution is 2.40. The van der Waals surface area contributed by atoms with Crippen LogP contribution >= 0.6 is 15.9 Å². The second-order valence-corrected chi connectivity index (χ2v) is 9.83. The van der Waals surface area contributed by atoms with Crippen LogP contribution in [0.1, 0.15) is 12.8 Å². The Balaban J connectivity index is 1.27. The number of nitrogens with one attached hydrogen (secondary N) is 3. The maximum absolute atomic E-state index is 11.4. The third kappa shape index (κ3) is 4.35. The number of halogens is 1. The van der Waals surface area contributed by atoms with Crippen molar-refractivity contribution in [3.8, 4) is 33.9 Å². The normalized spacial score (nSPS) is 17.4. The van der Waals surface area contributed by atoms with Gasteiger partial charge in [0.25, 0.3) is 0 Å². The van der Waals surface area contributed by atoms with Crippen molar-refractivity contribution in [2.24, 2.45) is 12.0 Å². The number of aromatic amines is 1. The van der Waals surface area contributed by atoms with Gasteiger partial charge in [0.15, 0.2) is 11.5 Å². The third-order valence-electron chi connectivity index (χ3n) is 6.58. The molecule has 3 heterocycles. The molecule has 184 valence electrons. The second kappa shape index (κ2) is 9.39. The zero-order chi connectivity index (χ0) is 24.6. The molecule has 2 aromatic carbocycles. The summed E-state index contributed by atoms with van der Waals surface area (Å²) in [5.74, 6) is 2.55. The van der Waals surface area contributed by atoms with Crippen LogP contribution in [0, 0.1) is 0 Å². The smallest absolute Gasteiger partial charge is 0.220 e. The van der Waals surface area contributed by atoms with Crippen molar-refractivity contribution in [2.75, 3.05) is 25.1 Å². The van der Waals surface area contributed by atoms with Crippen LogP contribution in [-0.2, 0) is 11.8 Å². The van der Waals surface area contributed by atoms with E-state index in [2.05, 4.69) is 49.9 Å². The zero-order valence-electron chi connectivity index (χ0n) is 19.8. The van der Waals surface area contributed by atoms with E-state index in [1.807, 2.05) is 48.1 Å². The van der Waals surface area contributed by atoms with E-state index in [0.717, 1.165) is 61.6 Å². The van der Waals surface area contributed by atoms with Crippen LogP contribution in [0.2, 0.25) is 0 Å². The molecule has 3 N–H and O–H groups in total. The number of aryl methyl sites for hydroxylation is 1. The summed E-state index contributed by atoms with van der Waals surface area (Å²) in [5.41, 5.74) is 5.13. The Bertz CT molecular complexity index is 1490. The number of amides is 1. The SMILES string of the molecule is Cn1[nH]c(Nc2cccc(-c3ccc4c(c3)OCCO4)c2Br)c2ccc(=NC[C@@H]3CCC(=O)N3)cc1-2. The highest BCUT2D eigenvalue weighted by molar-refractivity contribution is 9.10. The monoisotopic (exact) mass is 547 g/mol. The summed E-state index contributed by atoms with van der Waals surface area (Å²) in [7, 11) is 1.98. The average molecular weight is 548 g/mol. The molecule has 0 radical (unpaired) electrons. The first-order chi connectivity index (χ1) is 17.5. The van der Waals surface area contributed by atoms with E-state index in [-0.39, 0.29) is 11.9 Å². The summed E-state index contributed by atoms with van der Waals surface area (Å²) < 4.78 is 14.4. The van der Waals surface area contributed by atoms with E-state index in [4.69, 9.17) is 14.5 Å². The number of ether oxygens (including phenoxy) is 2. The third-order valence-corrected chi connectivity index (χ3v) is 7.44. The first-order valence-corrected chi connectivity index (χ1v) is 12.8. The fourth-order valence-corrected chi connectivity index (χ4v) is 5.31. The number of aromatic nitrogens is 2.